The first-order valence-corrected chi connectivity index (χ1v) is 6.10. The van der Waals surface area contributed by atoms with Gasteiger partial charge >= 0.3 is 5.97 Å². The van der Waals surface area contributed by atoms with Crippen LogP contribution >= 0.6 is 11.3 Å². The van der Waals surface area contributed by atoms with Gasteiger partial charge in [-0.15, -0.1) is 11.3 Å². The zero-order valence-electron chi connectivity index (χ0n) is 10.1. The van der Waals surface area contributed by atoms with E-state index in [1.54, 1.807) is 24.3 Å². The average Bonchev–Trinajstić information content (AvgIpc) is 2.86. The highest BCUT2D eigenvalue weighted by molar-refractivity contribution is 7.12. The molecule has 0 aliphatic carbocycles. The molecule has 4 nitrogen and oxygen atoms in total. The molecule has 6 heteroatoms. The molecule has 0 fully saturated rings. The molecule has 0 radical (unpaired) electrons. The number of halogens is 1. The summed E-state index contributed by atoms with van der Waals surface area (Å²) in [6.07, 6.45) is 0. The Balaban J connectivity index is 0.000000191. The Bertz CT molecular complexity index is 554. The minimum absolute atomic E-state index is 0.00463. The fraction of sp³-hybridized carbons (Fsp3) is 0.0769. The van der Waals surface area contributed by atoms with E-state index in [1.165, 1.54) is 18.6 Å². The van der Waals surface area contributed by atoms with Crippen LogP contribution in [0.5, 0.6) is 0 Å². The first-order chi connectivity index (χ1) is 9.06. The van der Waals surface area contributed by atoms with E-state index in [0.717, 1.165) is 11.3 Å². The molecule has 19 heavy (non-hydrogen) atoms. The van der Waals surface area contributed by atoms with Gasteiger partial charge in [0.25, 0.3) is 5.91 Å². The summed E-state index contributed by atoms with van der Waals surface area (Å²) >= 11 is 1.01. The van der Waals surface area contributed by atoms with Gasteiger partial charge < -0.3 is 10.5 Å². The second kappa shape index (κ2) is 7.27. The van der Waals surface area contributed by atoms with Gasteiger partial charge in [-0.2, -0.15) is 0 Å². The number of carbonyl (C=O) groups is 2. The zero-order chi connectivity index (χ0) is 14.3. The van der Waals surface area contributed by atoms with E-state index in [4.69, 9.17) is 5.73 Å². The van der Waals surface area contributed by atoms with Crippen LogP contribution in [0.25, 0.3) is 0 Å². The number of ether oxygens (including phenoxy) is 1. The number of thiophene rings is 1. The monoisotopic (exact) mass is 281 g/mol. The van der Waals surface area contributed by atoms with Crippen molar-refractivity contribution >= 4 is 23.2 Å². The van der Waals surface area contributed by atoms with E-state index in [9.17, 15) is 14.0 Å². The van der Waals surface area contributed by atoms with Gasteiger partial charge in [0, 0.05) is 0 Å². The molecule has 2 N–H and O–H groups in total. The molecule has 0 atom stereocenters. The molecule has 2 aromatic rings. The lowest BCUT2D eigenvalue weighted by Crippen LogP contribution is -2.10. The summed E-state index contributed by atoms with van der Waals surface area (Å²) in [4.78, 5) is 21.1. The van der Waals surface area contributed by atoms with Crippen molar-refractivity contribution in [3.05, 3.63) is 58.0 Å². The Hall–Kier alpha value is -2.21. The number of nitrogens with two attached hydrogens (primary N) is 1. The quantitative estimate of drug-likeness (QED) is 0.860. The van der Waals surface area contributed by atoms with Gasteiger partial charge in [-0.1, -0.05) is 18.2 Å². The highest BCUT2D eigenvalue weighted by atomic mass is 32.1. The number of benzene rings is 1. The molecule has 1 aromatic carbocycles. The van der Waals surface area contributed by atoms with Crippen LogP contribution in [0.3, 0.4) is 0 Å². The molecule has 0 saturated heterocycles. The largest absolute Gasteiger partial charge is 0.465 e. The Morgan fingerprint density at radius 1 is 1.21 bits per heavy atom. The van der Waals surface area contributed by atoms with Crippen molar-refractivity contribution in [2.45, 2.75) is 0 Å². The highest BCUT2D eigenvalue weighted by Crippen LogP contribution is 2.12. The molecule has 0 bridgehead atoms. The number of hydrogen-bond donors (Lipinski definition) is 1. The van der Waals surface area contributed by atoms with Crippen LogP contribution in [0.2, 0.25) is 0 Å². The lowest BCUT2D eigenvalue weighted by Gasteiger charge is -1.95. The first kappa shape index (κ1) is 14.8. The summed E-state index contributed by atoms with van der Waals surface area (Å²) in [5.74, 6) is -1.53. The molecule has 1 aromatic heterocycles. The van der Waals surface area contributed by atoms with Gasteiger partial charge in [0.1, 0.15) is 10.7 Å². The average molecular weight is 281 g/mol. The third kappa shape index (κ3) is 4.51. The van der Waals surface area contributed by atoms with Crippen molar-refractivity contribution in [3.8, 4) is 0 Å². The molecule has 100 valence electrons. The number of carbonyl (C=O) groups excluding carboxylic acids is 2. The maximum absolute atomic E-state index is 12.3. The predicted molar refractivity (Wildman–Crippen MR) is 70.6 cm³/mol. The summed E-state index contributed by atoms with van der Waals surface area (Å²) < 4.78 is 16.8. The number of primary amides is 1. The molecule has 2 rings (SSSR count). The summed E-state index contributed by atoms with van der Waals surface area (Å²) in [6, 6.07) is 10.1. The molecule has 0 spiro atoms. The minimum atomic E-state index is -0.706. The van der Waals surface area contributed by atoms with Gasteiger partial charge in [-0.05, 0) is 23.6 Å². The zero-order valence-corrected chi connectivity index (χ0v) is 10.9. The van der Waals surface area contributed by atoms with Crippen LogP contribution in [0, 0.1) is 5.82 Å². The lowest BCUT2D eigenvalue weighted by molar-refractivity contribution is 0.0600. The van der Waals surface area contributed by atoms with Gasteiger partial charge in [-0.25, -0.2) is 9.18 Å². The van der Waals surface area contributed by atoms with Crippen molar-refractivity contribution in [1.29, 1.82) is 0 Å². The smallest absolute Gasteiger partial charge is 0.337 e. The molecule has 0 aliphatic heterocycles. The molecule has 0 unspecified atom stereocenters. The number of methoxy groups -OCH3 is 1. The van der Waals surface area contributed by atoms with E-state index in [2.05, 4.69) is 4.74 Å². The molecule has 0 aliphatic rings. The summed E-state index contributed by atoms with van der Waals surface area (Å²) in [7, 11) is 1.37. The normalized spacial score (nSPS) is 9.16. The minimum Gasteiger partial charge on any atom is -0.465 e. The van der Waals surface area contributed by atoms with Gasteiger partial charge in [0.2, 0.25) is 0 Å². The van der Waals surface area contributed by atoms with Crippen molar-refractivity contribution in [2.75, 3.05) is 7.11 Å². The number of esters is 1. The van der Waals surface area contributed by atoms with Crippen molar-refractivity contribution < 1.29 is 18.7 Å². The second-order valence-electron chi connectivity index (χ2n) is 3.32. The Morgan fingerprint density at radius 3 is 2.21 bits per heavy atom. The van der Waals surface area contributed by atoms with E-state index in [-0.39, 0.29) is 10.8 Å². The predicted octanol–water partition coefficient (Wildman–Crippen LogP) is 2.46. The van der Waals surface area contributed by atoms with Crippen molar-refractivity contribution in [2.24, 2.45) is 5.73 Å². The molecule has 0 saturated carbocycles. The topological polar surface area (TPSA) is 69.4 Å². The summed E-state index contributed by atoms with van der Waals surface area (Å²) in [5.41, 5.74) is 5.38. The fourth-order valence-corrected chi connectivity index (χ4v) is 1.78. The molecule has 1 amide bonds. The van der Waals surface area contributed by atoms with E-state index in [0.29, 0.717) is 5.56 Å². The van der Waals surface area contributed by atoms with Gasteiger partial charge in [0.05, 0.1) is 12.7 Å². The van der Waals surface area contributed by atoms with Crippen LogP contribution in [0.1, 0.15) is 20.0 Å². The first-order valence-electron chi connectivity index (χ1n) is 5.22. The maximum atomic E-state index is 12.3. The lowest BCUT2D eigenvalue weighted by atomic mass is 10.2. The van der Waals surface area contributed by atoms with E-state index in [1.807, 2.05) is 6.07 Å². The van der Waals surface area contributed by atoms with Crippen LogP contribution in [-0.4, -0.2) is 19.0 Å². The maximum Gasteiger partial charge on any atom is 0.337 e. The van der Waals surface area contributed by atoms with E-state index < -0.39 is 11.7 Å². The van der Waals surface area contributed by atoms with E-state index >= 15 is 0 Å². The standard InChI is InChI=1S/C8H8O2.C5H4FNOS/c1-10-8(9)7-5-3-2-4-6-7;6-3-1-2-9-4(3)5(7)8/h2-6H,1H3;1-2H,(H2,7,8). The Morgan fingerprint density at radius 2 is 1.84 bits per heavy atom. The summed E-state index contributed by atoms with van der Waals surface area (Å²) in [6.45, 7) is 0. The second-order valence-corrected chi connectivity index (χ2v) is 4.24. The van der Waals surface area contributed by atoms with Crippen molar-refractivity contribution in [1.82, 2.24) is 0 Å². The SMILES string of the molecule is COC(=O)c1ccccc1.NC(=O)c1sccc1F. The number of amides is 1. The van der Waals surface area contributed by atoms with Crippen LogP contribution in [0.4, 0.5) is 4.39 Å². The summed E-state index contributed by atoms with van der Waals surface area (Å²) in [5, 5.41) is 1.48. The van der Waals surface area contributed by atoms with Crippen LogP contribution in [-0.2, 0) is 4.74 Å². The third-order valence-corrected chi connectivity index (χ3v) is 2.94. The van der Waals surface area contributed by atoms with Crippen LogP contribution in [0.15, 0.2) is 41.8 Å². The molecular formula is C13H12FNO3S. The Kier molecular flexibility index (Phi) is 5.69. The van der Waals surface area contributed by atoms with Gasteiger partial charge in [0.15, 0.2) is 0 Å². The molecule has 1 heterocycles. The van der Waals surface area contributed by atoms with Crippen LogP contribution < -0.4 is 5.73 Å². The van der Waals surface area contributed by atoms with Gasteiger partial charge in [-0.3, -0.25) is 4.79 Å². The highest BCUT2D eigenvalue weighted by Gasteiger charge is 2.07. The fourth-order valence-electron chi connectivity index (χ4n) is 1.16. The Labute approximate surface area is 113 Å². The molecular weight excluding hydrogens is 269 g/mol. The number of rotatable bonds is 2. The van der Waals surface area contributed by atoms with Crippen molar-refractivity contribution in [3.63, 3.8) is 0 Å². The number of hydrogen-bond acceptors (Lipinski definition) is 4. The third-order valence-electron chi connectivity index (χ3n) is 2.04.